The van der Waals surface area contributed by atoms with E-state index in [1.807, 2.05) is 6.07 Å². The maximum absolute atomic E-state index is 13.0. The molecule has 3 aliphatic rings. The zero-order chi connectivity index (χ0) is 25.2. The number of rotatable bonds is 6. The van der Waals surface area contributed by atoms with Crippen LogP contribution in [0.25, 0.3) is 5.57 Å². The zero-order valence-corrected chi connectivity index (χ0v) is 21.5. The van der Waals surface area contributed by atoms with Crippen molar-refractivity contribution in [3.05, 3.63) is 53.1 Å². The van der Waals surface area contributed by atoms with E-state index in [1.165, 1.54) is 43.3 Å². The standard InChI is InChI=1S/C29H37N5O2/c1-28(2)9-7-21(8-10-28)24-17-22(29(11-15-36-16-12-29)20-34-13-3-4-14-34)5-6-25(24)33-27(35)26-31-19-23(18-30)32-26/h5-7,17,19H,3-4,8-16,20H2,1-2H3,(H,31,32)(H,33,35). The van der Waals surface area contributed by atoms with E-state index < -0.39 is 0 Å². The van der Waals surface area contributed by atoms with Crippen LogP contribution in [0.5, 0.6) is 0 Å². The van der Waals surface area contributed by atoms with Crippen LogP contribution in [0.3, 0.4) is 0 Å². The monoisotopic (exact) mass is 487 g/mol. The molecule has 2 fully saturated rings. The van der Waals surface area contributed by atoms with Gasteiger partial charge in [-0.3, -0.25) is 4.79 Å². The van der Waals surface area contributed by atoms with E-state index in [2.05, 4.69) is 58.3 Å². The van der Waals surface area contributed by atoms with Crippen LogP contribution in [0.15, 0.2) is 30.5 Å². The Morgan fingerprint density at radius 3 is 2.67 bits per heavy atom. The van der Waals surface area contributed by atoms with Crippen LogP contribution in [0.2, 0.25) is 0 Å². The smallest absolute Gasteiger partial charge is 0.291 e. The minimum atomic E-state index is -0.333. The Morgan fingerprint density at radius 2 is 2.00 bits per heavy atom. The second kappa shape index (κ2) is 10.2. The van der Waals surface area contributed by atoms with Crippen molar-refractivity contribution >= 4 is 17.2 Å². The predicted molar refractivity (Wildman–Crippen MR) is 141 cm³/mol. The van der Waals surface area contributed by atoms with Gasteiger partial charge in [-0.05, 0) is 86.7 Å². The maximum atomic E-state index is 13.0. The van der Waals surface area contributed by atoms with Gasteiger partial charge in [-0.1, -0.05) is 26.0 Å². The predicted octanol–water partition coefficient (Wildman–Crippen LogP) is 5.27. The van der Waals surface area contributed by atoms with Gasteiger partial charge in [-0.2, -0.15) is 5.26 Å². The fourth-order valence-electron chi connectivity index (χ4n) is 5.91. The number of anilines is 1. The summed E-state index contributed by atoms with van der Waals surface area (Å²) in [6.45, 7) is 9.63. The highest BCUT2D eigenvalue weighted by molar-refractivity contribution is 6.03. The summed E-state index contributed by atoms with van der Waals surface area (Å²) in [6.07, 6.45) is 11.5. The average Bonchev–Trinajstić information content (AvgIpc) is 3.57. The van der Waals surface area contributed by atoms with Gasteiger partial charge in [0.25, 0.3) is 5.91 Å². The number of nitriles is 1. The summed E-state index contributed by atoms with van der Waals surface area (Å²) in [5.74, 6) is -0.185. The van der Waals surface area contributed by atoms with Crippen molar-refractivity contribution in [2.24, 2.45) is 5.41 Å². The molecule has 1 aliphatic carbocycles. The van der Waals surface area contributed by atoms with E-state index >= 15 is 0 Å². The van der Waals surface area contributed by atoms with Crippen molar-refractivity contribution in [3.63, 3.8) is 0 Å². The van der Waals surface area contributed by atoms with Gasteiger partial charge in [0.05, 0.1) is 6.20 Å². The fraction of sp³-hybridized carbons (Fsp3) is 0.552. The van der Waals surface area contributed by atoms with E-state index in [1.54, 1.807) is 0 Å². The normalized spacial score (nSPS) is 21.5. The molecule has 1 aromatic heterocycles. The van der Waals surface area contributed by atoms with Gasteiger partial charge < -0.3 is 19.9 Å². The third-order valence-electron chi connectivity index (χ3n) is 8.28. The molecule has 2 aliphatic heterocycles. The van der Waals surface area contributed by atoms with Crippen molar-refractivity contribution in [1.29, 1.82) is 5.26 Å². The molecule has 2 saturated heterocycles. The molecule has 1 aromatic carbocycles. The lowest BCUT2D eigenvalue weighted by molar-refractivity contribution is 0.0370. The summed E-state index contributed by atoms with van der Waals surface area (Å²) in [5, 5.41) is 12.2. The highest BCUT2D eigenvalue weighted by Crippen LogP contribution is 2.43. The second-order valence-electron chi connectivity index (χ2n) is 11.4. The van der Waals surface area contributed by atoms with Crippen LogP contribution < -0.4 is 5.32 Å². The molecule has 0 radical (unpaired) electrons. The number of nitrogens with one attached hydrogen (secondary N) is 2. The van der Waals surface area contributed by atoms with Gasteiger partial charge in [0.15, 0.2) is 5.82 Å². The van der Waals surface area contributed by atoms with Gasteiger partial charge >= 0.3 is 0 Å². The number of carbonyl (C=O) groups excluding carboxylic acids is 1. The molecule has 36 heavy (non-hydrogen) atoms. The molecule has 0 atom stereocenters. The van der Waals surface area contributed by atoms with E-state index in [0.29, 0.717) is 5.41 Å². The molecule has 0 unspecified atom stereocenters. The molecule has 2 N–H and O–H groups in total. The lowest BCUT2D eigenvalue weighted by Gasteiger charge is -2.41. The van der Waals surface area contributed by atoms with E-state index in [9.17, 15) is 4.79 Å². The first-order valence-electron chi connectivity index (χ1n) is 13.3. The number of hydrogen-bond donors (Lipinski definition) is 2. The molecule has 0 spiro atoms. The summed E-state index contributed by atoms with van der Waals surface area (Å²) in [6, 6.07) is 8.60. The number of carbonyl (C=O) groups is 1. The Bertz CT molecular complexity index is 1180. The summed E-state index contributed by atoms with van der Waals surface area (Å²) in [5.41, 5.74) is 5.19. The third kappa shape index (κ3) is 5.25. The van der Waals surface area contributed by atoms with E-state index in [-0.39, 0.29) is 22.8 Å². The van der Waals surface area contributed by atoms with Crippen LogP contribution in [-0.4, -0.2) is 53.6 Å². The van der Waals surface area contributed by atoms with Crippen LogP contribution in [0, 0.1) is 16.7 Å². The minimum Gasteiger partial charge on any atom is -0.381 e. The molecular formula is C29H37N5O2. The molecule has 3 heterocycles. The zero-order valence-electron chi connectivity index (χ0n) is 21.5. The maximum Gasteiger partial charge on any atom is 0.291 e. The van der Waals surface area contributed by atoms with Crippen molar-refractivity contribution in [3.8, 4) is 6.07 Å². The van der Waals surface area contributed by atoms with Crippen LogP contribution in [0.1, 0.15) is 86.2 Å². The van der Waals surface area contributed by atoms with Crippen molar-refractivity contribution in [1.82, 2.24) is 14.9 Å². The highest BCUT2D eigenvalue weighted by Gasteiger charge is 2.37. The Morgan fingerprint density at radius 1 is 1.22 bits per heavy atom. The Kier molecular flexibility index (Phi) is 7.00. The number of aromatic amines is 1. The summed E-state index contributed by atoms with van der Waals surface area (Å²) >= 11 is 0. The number of likely N-dealkylation sites (tertiary alicyclic amines) is 1. The highest BCUT2D eigenvalue weighted by atomic mass is 16.5. The first-order valence-corrected chi connectivity index (χ1v) is 13.3. The number of imidazole rings is 1. The lowest BCUT2D eigenvalue weighted by atomic mass is 9.72. The van der Waals surface area contributed by atoms with Crippen LogP contribution in [0.4, 0.5) is 5.69 Å². The topological polar surface area (TPSA) is 94.0 Å². The molecule has 2 aromatic rings. The number of H-pyrrole nitrogens is 1. The number of aromatic nitrogens is 2. The largest absolute Gasteiger partial charge is 0.381 e. The Labute approximate surface area is 213 Å². The van der Waals surface area contributed by atoms with E-state index in [0.717, 1.165) is 63.1 Å². The van der Waals surface area contributed by atoms with Crippen LogP contribution in [-0.2, 0) is 10.2 Å². The molecule has 5 rings (SSSR count). The second-order valence-corrected chi connectivity index (χ2v) is 11.4. The van der Waals surface area contributed by atoms with Crippen molar-refractivity contribution in [2.45, 2.75) is 64.2 Å². The number of ether oxygens (including phenoxy) is 1. The summed E-state index contributed by atoms with van der Waals surface area (Å²) in [4.78, 5) is 22.5. The van der Waals surface area contributed by atoms with Gasteiger partial charge in [-0.15, -0.1) is 0 Å². The average molecular weight is 488 g/mol. The van der Waals surface area contributed by atoms with Crippen LogP contribution >= 0.6 is 0 Å². The molecule has 7 heteroatoms. The quantitative estimate of drug-likeness (QED) is 0.579. The van der Waals surface area contributed by atoms with Gasteiger partial charge in [0.1, 0.15) is 11.8 Å². The molecule has 7 nitrogen and oxygen atoms in total. The minimum absolute atomic E-state index is 0.0666. The number of allylic oxidation sites excluding steroid dienone is 2. The van der Waals surface area contributed by atoms with Gasteiger partial charge in [-0.25, -0.2) is 4.98 Å². The Balaban J connectivity index is 1.51. The van der Waals surface area contributed by atoms with Crippen molar-refractivity contribution < 1.29 is 9.53 Å². The van der Waals surface area contributed by atoms with E-state index in [4.69, 9.17) is 10.00 Å². The Hall–Kier alpha value is -2.95. The lowest BCUT2D eigenvalue weighted by Crippen LogP contribution is -2.44. The van der Waals surface area contributed by atoms with Crippen molar-refractivity contribution in [2.75, 3.05) is 38.2 Å². The molecule has 1 amide bonds. The summed E-state index contributed by atoms with van der Waals surface area (Å²) < 4.78 is 5.80. The first-order chi connectivity index (χ1) is 17.4. The summed E-state index contributed by atoms with van der Waals surface area (Å²) in [7, 11) is 0. The SMILES string of the molecule is CC1(C)CC=C(c2cc(C3(CN4CCCC4)CCOCC3)ccc2NC(=O)c2ncc(C#N)[nH]2)CC1. The number of nitrogens with zero attached hydrogens (tertiary/aromatic N) is 3. The molecule has 0 bridgehead atoms. The molecule has 190 valence electrons. The van der Waals surface area contributed by atoms with Gasteiger partial charge in [0, 0.05) is 36.4 Å². The number of benzene rings is 1. The first kappa shape index (κ1) is 24.7. The fourth-order valence-corrected chi connectivity index (χ4v) is 5.91. The number of hydrogen-bond acceptors (Lipinski definition) is 5. The van der Waals surface area contributed by atoms with Gasteiger partial charge in [0.2, 0.25) is 0 Å². The third-order valence-corrected chi connectivity index (χ3v) is 8.28. The molecular weight excluding hydrogens is 450 g/mol. The molecule has 0 saturated carbocycles. The number of amides is 1.